The van der Waals surface area contributed by atoms with Crippen LogP contribution in [0.4, 0.5) is 19.0 Å². The lowest BCUT2D eigenvalue weighted by Gasteiger charge is -2.14. The quantitative estimate of drug-likeness (QED) is 0.644. The highest BCUT2D eigenvalue weighted by atomic mass is 32.1. The Balaban J connectivity index is 1.58. The van der Waals surface area contributed by atoms with Crippen molar-refractivity contribution < 1.29 is 13.2 Å². The molecular weight excluding hydrogens is 359 g/mol. The third kappa shape index (κ3) is 4.49. The van der Waals surface area contributed by atoms with Gasteiger partial charge in [0.15, 0.2) is 5.11 Å². The summed E-state index contributed by atoms with van der Waals surface area (Å²) in [6, 6.07) is 16.4. The van der Waals surface area contributed by atoms with Gasteiger partial charge in [-0.05, 0) is 47.1 Å². The van der Waals surface area contributed by atoms with Gasteiger partial charge in [0.1, 0.15) is 5.82 Å². The Morgan fingerprint density at radius 2 is 1.77 bits per heavy atom. The molecule has 0 aliphatic carbocycles. The molecule has 0 saturated heterocycles. The molecule has 2 aromatic carbocycles. The topological polar surface area (TPSA) is 37.0 Å². The number of nitrogens with zero attached hydrogens (tertiary/aromatic N) is 1. The molecular formula is C19H16F3N3S. The van der Waals surface area contributed by atoms with E-state index in [0.717, 1.165) is 22.4 Å². The van der Waals surface area contributed by atoms with Gasteiger partial charge in [-0.2, -0.15) is 13.2 Å². The maximum atomic E-state index is 13.0. The van der Waals surface area contributed by atoms with E-state index in [0.29, 0.717) is 13.0 Å². The van der Waals surface area contributed by atoms with Crippen molar-refractivity contribution in [3.05, 3.63) is 71.9 Å². The molecule has 26 heavy (non-hydrogen) atoms. The van der Waals surface area contributed by atoms with Crippen LogP contribution < -0.4 is 10.6 Å². The number of hydrogen-bond acceptors (Lipinski definition) is 2. The Morgan fingerprint density at radius 3 is 2.54 bits per heavy atom. The van der Waals surface area contributed by atoms with Crippen molar-refractivity contribution in [2.45, 2.75) is 12.6 Å². The molecule has 3 aromatic rings. The van der Waals surface area contributed by atoms with Crippen LogP contribution in [0.25, 0.3) is 10.8 Å². The lowest BCUT2D eigenvalue weighted by molar-refractivity contribution is -0.137. The first-order valence-electron chi connectivity index (χ1n) is 7.98. The first-order chi connectivity index (χ1) is 12.4. The number of pyridine rings is 1. The molecule has 1 heterocycles. The van der Waals surface area contributed by atoms with Gasteiger partial charge in [-0.1, -0.05) is 42.5 Å². The first-order valence-corrected chi connectivity index (χ1v) is 8.39. The van der Waals surface area contributed by atoms with Gasteiger partial charge in [0, 0.05) is 12.7 Å². The van der Waals surface area contributed by atoms with E-state index in [9.17, 15) is 13.2 Å². The molecule has 1 aromatic heterocycles. The summed E-state index contributed by atoms with van der Waals surface area (Å²) in [6.07, 6.45) is -2.51. The summed E-state index contributed by atoms with van der Waals surface area (Å²) in [6.45, 7) is 0.498. The van der Waals surface area contributed by atoms with Crippen molar-refractivity contribution in [3.63, 3.8) is 0 Å². The Kier molecular flexibility index (Phi) is 5.37. The summed E-state index contributed by atoms with van der Waals surface area (Å²) in [4.78, 5) is 3.73. The Hall–Kier alpha value is -2.67. The minimum Gasteiger partial charge on any atom is -0.362 e. The second-order valence-electron chi connectivity index (χ2n) is 5.71. The fourth-order valence-electron chi connectivity index (χ4n) is 2.60. The fourth-order valence-corrected chi connectivity index (χ4v) is 2.80. The molecule has 0 fully saturated rings. The molecule has 2 N–H and O–H groups in total. The van der Waals surface area contributed by atoms with Crippen LogP contribution in [0.15, 0.2) is 60.8 Å². The van der Waals surface area contributed by atoms with Crippen LogP contribution in [0.1, 0.15) is 11.1 Å². The van der Waals surface area contributed by atoms with Gasteiger partial charge in [0.25, 0.3) is 0 Å². The molecule has 134 valence electrons. The predicted molar refractivity (Wildman–Crippen MR) is 101 cm³/mol. The molecule has 0 radical (unpaired) electrons. The van der Waals surface area contributed by atoms with Gasteiger partial charge in [-0.3, -0.25) is 0 Å². The first kappa shape index (κ1) is 18.1. The molecule has 7 heteroatoms. The zero-order valence-corrected chi connectivity index (χ0v) is 14.5. The van der Waals surface area contributed by atoms with Gasteiger partial charge in [-0.25, -0.2) is 4.98 Å². The molecule has 3 rings (SSSR count). The average Bonchev–Trinajstić information content (AvgIpc) is 2.61. The number of nitrogens with one attached hydrogen (secondary N) is 2. The second kappa shape index (κ2) is 7.70. The summed E-state index contributed by atoms with van der Waals surface area (Å²) < 4.78 is 38.9. The zero-order valence-electron chi connectivity index (χ0n) is 13.7. The smallest absolute Gasteiger partial charge is 0.362 e. The normalized spacial score (nSPS) is 11.3. The average molecular weight is 375 g/mol. The molecule has 0 amide bonds. The molecule has 0 saturated carbocycles. The summed E-state index contributed by atoms with van der Waals surface area (Å²) in [5.74, 6) is -0.303. The van der Waals surface area contributed by atoms with Gasteiger partial charge in [-0.15, -0.1) is 0 Å². The lowest BCUT2D eigenvalue weighted by atomic mass is 10.1. The second-order valence-corrected chi connectivity index (χ2v) is 6.12. The molecule has 0 aliphatic heterocycles. The summed E-state index contributed by atoms with van der Waals surface area (Å²) >= 11 is 5.08. The van der Waals surface area contributed by atoms with Crippen LogP contribution >= 0.6 is 12.2 Å². The minimum absolute atomic E-state index is 0.106. The van der Waals surface area contributed by atoms with Crippen LogP contribution in [0.5, 0.6) is 0 Å². The standard InChI is InChI=1S/C19H16F3N3S/c20-19(21,22)16-6-3-10-23-17(16)25-18(26)24-11-9-13-7-8-14-4-1-2-5-15(14)12-13/h1-8,10,12H,9,11H2,(H2,23,24,25,26). The predicted octanol–water partition coefficient (Wildman–Crippen LogP) is 4.78. The Morgan fingerprint density at radius 1 is 1.00 bits per heavy atom. The van der Waals surface area contributed by atoms with E-state index in [-0.39, 0.29) is 10.9 Å². The number of anilines is 1. The highest BCUT2D eigenvalue weighted by molar-refractivity contribution is 7.80. The summed E-state index contributed by atoms with van der Waals surface area (Å²) in [5, 5.41) is 7.86. The maximum Gasteiger partial charge on any atom is 0.419 e. The number of hydrogen-bond donors (Lipinski definition) is 2. The lowest BCUT2D eigenvalue weighted by Crippen LogP contribution is -2.31. The molecule has 0 unspecified atom stereocenters. The Bertz CT molecular complexity index is 925. The van der Waals surface area contributed by atoms with Crippen molar-refractivity contribution in [1.82, 2.24) is 10.3 Å². The number of rotatable bonds is 4. The van der Waals surface area contributed by atoms with Crippen molar-refractivity contribution in [2.75, 3.05) is 11.9 Å². The van der Waals surface area contributed by atoms with Crippen molar-refractivity contribution in [1.29, 1.82) is 0 Å². The highest BCUT2D eigenvalue weighted by Crippen LogP contribution is 2.33. The number of alkyl halides is 3. The van der Waals surface area contributed by atoms with E-state index in [1.165, 1.54) is 12.3 Å². The number of thiocarbonyl (C=S) groups is 1. The van der Waals surface area contributed by atoms with E-state index in [4.69, 9.17) is 12.2 Å². The van der Waals surface area contributed by atoms with Crippen LogP contribution in [0.3, 0.4) is 0 Å². The van der Waals surface area contributed by atoms with Crippen LogP contribution in [-0.2, 0) is 12.6 Å². The summed E-state index contributed by atoms with van der Waals surface area (Å²) in [7, 11) is 0. The van der Waals surface area contributed by atoms with Crippen LogP contribution in [0.2, 0.25) is 0 Å². The molecule has 3 nitrogen and oxygen atoms in total. The van der Waals surface area contributed by atoms with E-state index in [2.05, 4.69) is 21.7 Å². The van der Waals surface area contributed by atoms with Crippen molar-refractivity contribution >= 4 is 33.9 Å². The number of benzene rings is 2. The number of aromatic nitrogens is 1. The van der Waals surface area contributed by atoms with Gasteiger partial charge >= 0.3 is 6.18 Å². The zero-order chi connectivity index (χ0) is 18.6. The molecule has 0 spiro atoms. The SMILES string of the molecule is FC(F)(F)c1cccnc1NC(=S)NCCc1ccc2ccccc2c1. The monoisotopic (exact) mass is 375 g/mol. The Labute approximate surface area is 154 Å². The van der Waals surface area contributed by atoms with E-state index >= 15 is 0 Å². The minimum atomic E-state index is -4.49. The third-order valence-electron chi connectivity index (χ3n) is 3.86. The van der Waals surface area contributed by atoms with Crippen LogP contribution in [-0.4, -0.2) is 16.6 Å². The van der Waals surface area contributed by atoms with Crippen molar-refractivity contribution in [2.24, 2.45) is 0 Å². The van der Waals surface area contributed by atoms with Gasteiger partial charge in [0.05, 0.1) is 5.56 Å². The highest BCUT2D eigenvalue weighted by Gasteiger charge is 2.34. The van der Waals surface area contributed by atoms with E-state index < -0.39 is 11.7 Å². The van der Waals surface area contributed by atoms with Crippen LogP contribution in [0, 0.1) is 0 Å². The van der Waals surface area contributed by atoms with E-state index in [1.54, 1.807) is 0 Å². The summed E-state index contributed by atoms with van der Waals surface area (Å²) in [5.41, 5.74) is 0.270. The van der Waals surface area contributed by atoms with Gasteiger partial charge < -0.3 is 10.6 Å². The number of halogens is 3. The molecule has 0 aliphatic rings. The largest absolute Gasteiger partial charge is 0.419 e. The number of fused-ring (bicyclic) bond motifs is 1. The maximum absolute atomic E-state index is 13.0. The fraction of sp³-hybridized carbons (Fsp3) is 0.158. The van der Waals surface area contributed by atoms with Crippen molar-refractivity contribution in [3.8, 4) is 0 Å². The van der Waals surface area contributed by atoms with Gasteiger partial charge in [0.2, 0.25) is 0 Å². The van der Waals surface area contributed by atoms with E-state index in [1.807, 2.05) is 36.4 Å². The molecule has 0 bridgehead atoms. The molecule has 0 atom stereocenters. The third-order valence-corrected chi connectivity index (χ3v) is 4.10.